The number of aliphatic hydroxyl groups is 1. The molecule has 3 rings (SSSR count). The van der Waals surface area contributed by atoms with E-state index < -0.39 is 36.2 Å². The van der Waals surface area contributed by atoms with E-state index in [1.807, 2.05) is 6.08 Å². The molecule has 0 radical (unpaired) electrons. The first kappa shape index (κ1) is 16.7. The summed E-state index contributed by atoms with van der Waals surface area (Å²) < 4.78 is 11.2. The molecule has 1 aliphatic heterocycles. The van der Waals surface area contributed by atoms with Gasteiger partial charge in [0.1, 0.15) is 12.2 Å². The van der Waals surface area contributed by atoms with Crippen LogP contribution in [-0.2, 0) is 19.1 Å². The Morgan fingerprint density at radius 3 is 2.75 bits per heavy atom. The van der Waals surface area contributed by atoms with Crippen molar-refractivity contribution in [1.29, 1.82) is 0 Å². The van der Waals surface area contributed by atoms with E-state index in [-0.39, 0.29) is 11.8 Å². The predicted octanol–water partition coefficient (Wildman–Crippen LogP) is 2.09. The van der Waals surface area contributed by atoms with Crippen LogP contribution in [0.1, 0.15) is 20.3 Å². The van der Waals surface area contributed by atoms with Crippen molar-refractivity contribution in [2.45, 2.75) is 38.6 Å². The molecule has 2 fully saturated rings. The number of fused-ring (bicyclic) bond motifs is 3. The van der Waals surface area contributed by atoms with Gasteiger partial charge in [0.25, 0.3) is 0 Å². The molecule has 0 aromatic rings. The summed E-state index contributed by atoms with van der Waals surface area (Å²) in [6.45, 7) is 11.4. The van der Waals surface area contributed by atoms with Gasteiger partial charge < -0.3 is 14.6 Å². The molecule has 0 bridgehead atoms. The van der Waals surface area contributed by atoms with Gasteiger partial charge in [-0.3, -0.25) is 0 Å². The largest absolute Gasteiger partial charge is 0.458 e. The average Bonchev–Trinajstić information content (AvgIpc) is 3.02. The van der Waals surface area contributed by atoms with E-state index in [4.69, 9.17) is 9.47 Å². The number of allylic oxidation sites excluding steroid dienone is 1. The second-order valence-corrected chi connectivity index (χ2v) is 6.68. The minimum absolute atomic E-state index is 0.174. The fraction of sp³-hybridized carbons (Fsp3) is 0.474. The van der Waals surface area contributed by atoms with E-state index in [2.05, 4.69) is 13.2 Å². The van der Waals surface area contributed by atoms with Crippen molar-refractivity contribution in [3.8, 4) is 0 Å². The van der Waals surface area contributed by atoms with Crippen LogP contribution in [0.2, 0.25) is 0 Å². The fourth-order valence-electron chi connectivity index (χ4n) is 3.88. The van der Waals surface area contributed by atoms with Crippen LogP contribution in [0, 0.1) is 17.8 Å². The number of aliphatic hydroxyl groups excluding tert-OH is 1. The molecule has 1 heterocycles. The maximum atomic E-state index is 12.2. The van der Waals surface area contributed by atoms with E-state index in [1.54, 1.807) is 26.0 Å². The highest BCUT2D eigenvalue weighted by molar-refractivity contribution is 5.91. The molecule has 128 valence electrons. The number of carbonyl (C=O) groups is 2. The van der Waals surface area contributed by atoms with Gasteiger partial charge in [0.2, 0.25) is 0 Å². The monoisotopic (exact) mass is 330 g/mol. The third kappa shape index (κ3) is 2.53. The third-order valence-electron chi connectivity index (χ3n) is 5.30. The van der Waals surface area contributed by atoms with E-state index in [1.165, 1.54) is 0 Å². The van der Waals surface area contributed by atoms with Crippen LogP contribution >= 0.6 is 0 Å². The van der Waals surface area contributed by atoms with Crippen LogP contribution < -0.4 is 0 Å². The first-order valence-corrected chi connectivity index (χ1v) is 8.13. The molecule has 5 heteroatoms. The molecular formula is C19H22O5. The number of esters is 2. The summed E-state index contributed by atoms with van der Waals surface area (Å²) in [6, 6.07) is 0. The lowest BCUT2D eigenvalue weighted by Crippen LogP contribution is -2.36. The lowest BCUT2D eigenvalue weighted by atomic mass is 9.82. The van der Waals surface area contributed by atoms with Crippen LogP contribution in [0.5, 0.6) is 0 Å². The SMILES string of the molecule is C=C1C[C@@H](OC(=O)/C(C)=C\C)[C@H]2C(=C)C(=O)O[C@@H]2[C@H]2C=C[C@@H](O)[C@@H]12. The summed E-state index contributed by atoms with van der Waals surface area (Å²) in [5.74, 6) is -1.72. The summed E-state index contributed by atoms with van der Waals surface area (Å²) in [6.07, 6.45) is 3.90. The molecule has 0 aromatic carbocycles. The summed E-state index contributed by atoms with van der Waals surface area (Å²) in [5.41, 5.74) is 1.61. The molecule has 0 amide bonds. The lowest BCUT2D eigenvalue weighted by Gasteiger charge is -2.27. The van der Waals surface area contributed by atoms with Gasteiger partial charge in [-0.2, -0.15) is 0 Å². The molecule has 1 saturated carbocycles. The van der Waals surface area contributed by atoms with Gasteiger partial charge >= 0.3 is 11.9 Å². The normalized spacial score (nSPS) is 38.5. The fourth-order valence-corrected chi connectivity index (χ4v) is 3.88. The quantitative estimate of drug-likeness (QED) is 0.477. The zero-order chi connectivity index (χ0) is 17.6. The van der Waals surface area contributed by atoms with Gasteiger partial charge in [0.05, 0.1) is 12.0 Å². The van der Waals surface area contributed by atoms with Gasteiger partial charge in [0, 0.05) is 29.4 Å². The molecule has 2 aliphatic carbocycles. The van der Waals surface area contributed by atoms with Crippen LogP contribution in [0.4, 0.5) is 0 Å². The Hall–Kier alpha value is -2.14. The van der Waals surface area contributed by atoms with Gasteiger partial charge in [-0.15, -0.1) is 0 Å². The average molecular weight is 330 g/mol. The summed E-state index contributed by atoms with van der Waals surface area (Å²) in [5, 5.41) is 10.2. The van der Waals surface area contributed by atoms with Crippen molar-refractivity contribution in [3.05, 3.63) is 48.1 Å². The molecule has 0 unspecified atom stereocenters. The number of hydrogen-bond acceptors (Lipinski definition) is 5. The molecule has 1 N–H and O–H groups in total. The minimum atomic E-state index is -0.664. The minimum Gasteiger partial charge on any atom is -0.458 e. The first-order valence-electron chi connectivity index (χ1n) is 8.13. The Kier molecular flexibility index (Phi) is 4.22. The summed E-state index contributed by atoms with van der Waals surface area (Å²) >= 11 is 0. The second kappa shape index (κ2) is 6.06. The van der Waals surface area contributed by atoms with E-state index in [0.717, 1.165) is 5.57 Å². The van der Waals surface area contributed by atoms with Crippen molar-refractivity contribution in [2.75, 3.05) is 0 Å². The smallest absolute Gasteiger partial charge is 0.334 e. The molecule has 0 spiro atoms. The molecule has 0 aromatic heterocycles. The molecule has 6 atom stereocenters. The van der Waals surface area contributed by atoms with E-state index >= 15 is 0 Å². The highest BCUT2D eigenvalue weighted by Crippen LogP contribution is 2.48. The topological polar surface area (TPSA) is 72.8 Å². The van der Waals surface area contributed by atoms with Crippen LogP contribution in [0.3, 0.4) is 0 Å². The maximum Gasteiger partial charge on any atom is 0.334 e. The molecule has 3 aliphatic rings. The van der Waals surface area contributed by atoms with Gasteiger partial charge in [-0.1, -0.05) is 37.0 Å². The van der Waals surface area contributed by atoms with Gasteiger partial charge in [-0.05, 0) is 13.8 Å². The Morgan fingerprint density at radius 2 is 2.08 bits per heavy atom. The molecular weight excluding hydrogens is 308 g/mol. The van der Waals surface area contributed by atoms with Crippen molar-refractivity contribution in [1.82, 2.24) is 0 Å². The van der Waals surface area contributed by atoms with Crippen molar-refractivity contribution < 1.29 is 24.2 Å². The van der Waals surface area contributed by atoms with Crippen LogP contribution in [-0.4, -0.2) is 35.4 Å². The highest BCUT2D eigenvalue weighted by atomic mass is 16.6. The Labute approximate surface area is 141 Å². The van der Waals surface area contributed by atoms with Crippen molar-refractivity contribution in [2.24, 2.45) is 17.8 Å². The number of carbonyl (C=O) groups excluding carboxylic acids is 2. The van der Waals surface area contributed by atoms with Crippen molar-refractivity contribution >= 4 is 11.9 Å². The maximum absolute atomic E-state index is 12.2. The zero-order valence-electron chi connectivity index (χ0n) is 13.9. The molecule has 5 nitrogen and oxygen atoms in total. The van der Waals surface area contributed by atoms with Crippen molar-refractivity contribution in [3.63, 3.8) is 0 Å². The zero-order valence-corrected chi connectivity index (χ0v) is 13.9. The first-order chi connectivity index (χ1) is 11.3. The molecule has 1 saturated heterocycles. The highest BCUT2D eigenvalue weighted by Gasteiger charge is 2.54. The Morgan fingerprint density at radius 1 is 1.38 bits per heavy atom. The van der Waals surface area contributed by atoms with Gasteiger partial charge in [0.15, 0.2) is 0 Å². The second-order valence-electron chi connectivity index (χ2n) is 6.68. The Balaban J connectivity index is 1.96. The van der Waals surface area contributed by atoms with Crippen LogP contribution in [0.15, 0.2) is 48.1 Å². The van der Waals surface area contributed by atoms with E-state index in [9.17, 15) is 14.7 Å². The number of rotatable bonds is 2. The lowest BCUT2D eigenvalue weighted by molar-refractivity contribution is -0.148. The summed E-state index contributed by atoms with van der Waals surface area (Å²) in [7, 11) is 0. The van der Waals surface area contributed by atoms with Crippen LogP contribution in [0.25, 0.3) is 0 Å². The number of hydrogen-bond donors (Lipinski definition) is 1. The predicted molar refractivity (Wildman–Crippen MR) is 87.7 cm³/mol. The Bertz CT molecular complexity index is 671. The standard InChI is InChI=1S/C19H22O5/c1-5-9(2)18(21)23-14-8-10(3)15-12(6-7-13(15)20)17-16(14)11(4)19(22)24-17/h5-7,12-17,20H,3-4,8H2,1-2H3/b9-5-/t12-,13+,14+,15-,16+,17+/m0/s1. The third-order valence-corrected chi connectivity index (χ3v) is 5.30. The summed E-state index contributed by atoms with van der Waals surface area (Å²) in [4.78, 5) is 24.3. The number of ether oxygens (including phenoxy) is 2. The molecule has 24 heavy (non-hydrogen) atoms. The van der Waals surface area contributed by atoms with E-state index in [0.29, 0.717) is 17.6 Å². The van der Waals surface area contributed by atoms with Gasteiger partial charge in [-0.25, -0.2) is 9.59 Å².